The van der Waals surface area contributed by atoms with E-state index in [4.69, 9.17) is 9.47 Å². The van der Waals surface area contributed by atoms with Crippen LogP contribution >= 0.6 is 0 Å². The van der Waals surface area contributed by atoms with Crippen LogP contribution in [0, 0.1) is 102 Å². The molecule has 0 aliphatic carbocycles. The average molecular weight is 796 g/mol. The predicted molar refractivity (Wildman–Crippen MR) is 98.7 cm³/mol. The maximum absolute atomic E-state index is 9.17. The second kappa shape index (κ2) is 13.2. The van der Waals surface area contributed by atoms with E-state index in [1.807, 2.05) is 48.5 Å². The van der Waals surface area contributed by atoms with Crippen molar-refractivity contribution in [2.24, 2.45) is 0 Å². The van der Waals surface area contributed by atoms with Gasteiger partial charge in [0.2, 0.25) is 0 Å². The standard InChI is InChI=1S/C21H26O4.2Ac/c1-15(22)13-24-19-9-5-17(6-10-19)21(3,4)18-7-11-20(12-8-18)25-14-16(2)23;;/h5-12,15-16,22-23H,1-2,13-14H2,3-4H3;;/q-2;;. The molecule has 0 bridgehead atoms. The summed E-state index contributed by atoms with van der Waals surface area (Å²) >= 11 is 0. The van der Waals surface area contributed by atoms with Crippen LogP contribution in [0.5, 0.6) is 11.5 Å². The van der Waals surface area contributed by atoms with Crippen LogP contribution in [0.3, 0.4) is 0 Å². The predicted octanol–water partition coefficient (Wildman–Crippen LogP) is 3.16. The fourth-order valence-corrected chi connectivity index (χ4v) is 2.49. The molecule has 2 atom stereocenters. The molecule has 2 N–H and O–H groups in total. The Labute approximate surface area is 234 Å². The molecule has 2 rings (SSSR count). The minimum absolute atomic E-state index is 0. The molecule has 0 heterocycles. The molecule has 0 saturated heterocycles. The molecule has 0 aliphatic heterocycles. The first-order chi connectivity index (χ1) is 11.8. The van der Waals surface area contributed by atoms with Crippen LogP contribution in [0.2, 0.25) is 0 Å². The third kappa shape index (κ3) is 9.03. The van der Waals surface area contributed by atoms with Crippen molar-refractivity contribution in [2.45, 2.75) is 31.5 Å². The van der Waals surface area contributed by atoms with E-state index in [0.29, 0.717) is 11.5 Å². The van der Waals surface area contributed by atoms with Gasteiger partial charge >= 0.3 is 0 Å². The first-order valence-electron chi connectivity index (χ1n) is 8.28. The van der Waals surface area contributed by atoms with Gasteiger partial charge in [0.1, 0.15) is 11.5 Å². The molecule has 2 aromatic rings. The third-order valence-electron chi connectivity index (χ3n) is 4.04. The number of benzene rings is 2. The summed E-state index contributed by atoms with van der Waals surface area (Å²) in [6, 6.07) is 15.7. The Balaban J connectivity index is 0.00000338. The molecule has 0 aromatic heterocycles. The zero-order chi connectivity index (χ0) is 18.4. The first kappa shape index (κ1) is 27.8. The molecule has 2 radical (unpaired) electrons. The third-order valence-corrected chi connectivity index (χ3v) is 4.04. The van der Waals surface area contributed by atoms with Crippen LogP contribution in [-0.2, 0) is 5.41 Å². The van der Waals surface area contributed by atoms with Crippen molar-refractivity contribution in [2.75, 3.05) is 13.2 Å². The van der Waals surface area contributed by atoms with Gasteiger partial charge in [-0.15, -0.1) is 0 Å². The van der Waals surface area contributed by atoms with Gasteiger partial charge in [-0.05, 0) is 47.6 Å². The van der Waals surface area contributed by atoms with E-state index in [-0.39, 0.29) is 107 Å². The normalized spacial score (nSPS) is 13.0. The van der Waals surface area contributed by atoms with Gasteiger partial charge in [-0.2, -0.15) is 0 Å². The van der Waals surface area contributed by atoms with Crippen molar-refractivity contribution in [1.82, 2.24) is 0 Å². The van der Waals surface area contributed by atoms with Gasteiger partial charge in [-0.3, -0.25) is 0 Å². The van der Waals surface area contributed by atoms with E-state index in [2.05, 4.69) is 27.7 Å². The van der Waals surface area contributed by atoms with E-state index >= 15 is 0 Å². The Hall–Kier alpha value is 0.843. The number of hydrogen-bond donors (Lipinski definition) is 2. The summed E-state index contributed by atoms with van der Waals surface area (Å²) in [6.07, 6.45) is -1.47. The largest absolute Gasteiger partial charge is 0.494 e. The summed E-state index contributed by atoms with van der Waals surface area (Å²) in [5, 5.41) is 18.3. The fourth-order valence-electron chi connectivity index (χ4n) is 2.49. The average Bonchev–Trinajstić information content (AvgIpc) is 2.59. The molecule has 0 aliphatic rings. The quantitative estimate of drug-likeness (QED) is 0.404. The molecule has 2 unspecified atom stereocenters. The maximum Gasteiger partial charge on any atom is 0.119 e. The van der Waals surface area contributed by atoms with Gasteiger partial charge in [0.15, 0.2) is 0 Å². The van der Waals surface area contributed by atoms with Crippen molar-refractivity contribution in [3.05, 3.63) is 73.5 Å². The molecule has 2 aromatic carbocycles. The molecule has 4 nitrogen and oxygen atoms in total. The molecule has 0 spiro atoms. The number of aliphatic hydroxyl groups excluding tert-OH is 2. The monoisotopic (exact) mass is 796 g/mol. The van der Waals surface area contributed by atoms with Crippen molar-refractivity contribution < 1.29 is 108 Å². The van der Waals surface area contributed by atoms with Gasteiger partial charge in [0, 0.05) is 93.5 Å². The fraction of sp³-hybridized carbons (Fsp3) is 0.333. The second-order valence-electron chi connectivity index (χ2n) is 6.60. The smallest absolute Gasteiger partial charge is 0.119 e. The molecule has 0 amide bonds. The number of hydrogen-bond acceptors (Lipinski definition) is 4. The number of aliphatic hydroxyl groups is 2. The summed E-state index contributed by atoms with van der Waals surface area (Å²) in [5.74, 6) is 1.41. The van der Waals surface area contributed by atoms with E-state index in [9.17, 15) is 10.2 Å². The molecular weight excluding hydrogens is 770 g/mol. The summed E-state index contributed by atoms with van der Waals surface area (Å²) in [5.41, 5.74) is 2.11. The first-order valence-corrected chi connectivity index (χ1v) is 8.28. The van der Waals surface area contributed by atoms with Crippen LogP contribution in [0.25, 0.3) is 0 Å². The van der Waals surface area contributed by atoms with Crippen molar-refractivity contribution >= 4 is 0 Å². The zero-order valence-corrected chi connectivity index (χ0v) is 25.5. The Morgan fingerprint density at radius 1 is 0.741 bits per heavy atom. The van der Waals surface area contributed by atoms with Crippen LogP contribution in [0.4, 0.5) is 0 Å². The minimum atomic E-state index is -0.735. The zero-order valence-electron chi connectivity index (χ0n) is 16.0. The second-order valence-corrected chi connectivity index (χ2v) is 6.60. The van der Waals surface area contributed by atoms with Gasteiger partial charge in [-0.25, -0.2) is 0 Å². The van der Waals surface area contributed by atoms with Crippen LogP contribution in [-0.4, -0.2) is 35.6 Å². The molecule has 0 saturated carbocycles. The SMILES string of the molecule is [Ac].[Ac].[CH2-]C(O)COc1ccc(C(C)(C)c2ccc(OCC([CH2-])O)cc2)cc1. The Kier molecular flexibility index (Phi) is 13.6. The maximum atomic E-state index is 9.17. The van der Waals surface area contributed by atoms with Crippen LogP contribution in [0.1, 0.15) is 25.0 Å². The molecular formula is C21H26Ac2O4-2. The van der Waals surface area contributed by atoms with Crippen molar-refractivity contribution in [3.63, 3.8) is 0 Å². The summed E-state index contributed by atoms with van der Waals surface area (Å²) in [6.45, 7) is 11.6. The van der Waals surface area contributed by atoms with Gasteiger partial charge < -0.3 is 33.5 Å². The topological polar surface area (TPSA) is 58.9 Å². The Morgan fingerprint density at radius 2 is 1.04 bits per heavy atom. The molecule has 27 heavy (non-hydrogen) atoms. The summed E-state index contributed by atoms with van der Waals surface area (Å²) in [7, 11) is 0. The van der Waals surface area contributed by atoms with E-state index in [1.54, 1.807) is 0 Å². The summed E-state index contributed by atoms with van der Waals surface area (Å²) in [4.78, 5) is 0. The minimum Gasteiger partial charge on any atom is -0.494 e. The van der Waals surface area contributed by atoms with E-state index in [1.165, 1.54) is 0 Å². The van der Waals surface area contributed by atoms with Crippen molar-refractivity contribution in [1.29, 1.82) is 0 Å². The van der Waals surface area contributed by atoms with Crippen LogP contribution < -0.4 is 9.47 Å². The van der Waals surface area contributed by atoms with E-state index in [0.717, 1.165) is 11.1 Å². The Bertz CT molecular complexity index is 595. The van der Waals surface area contributed by atoms with Gasteiger partial charge in [0.25, 0.3) is 0 Å². The molecule has 0 fully saturated rings. The Morgan fingerprint density at radius 3 is 1.30 bits per heavy atom. The van der Waals surface area contributed by atoms with Gasteiger partial charge in [0.05, 0.1) is 13.2 Å². The number of ether oxygens (including phenoxy) is 2. The summed E-state index contributed by atoms with van der Waals surface area (Å²) < 4.78 is 10.9. The number of rotatable bonds is 8. The van der Waals surface area contributed by atoms with Crippen molar-refractivity contribution in [3.8, 4) is 11.5 Å². The molecule has 142 valence electrons. The molecule has 6 heteroatoms. The van der Waals surface area contributed by atoms with E-state index < -0.39 is 12.2 Å². The van der Waals surface area contributed by atoms with Crippen LogP contribution in [0.15, 0.2) is 48.5 Å². The van der Waals surface area contributed by atoms with Gasteiger partial charge in [-0.1, -0.05) is 38.1 Å².